The van der Waals surface area contributed by atoms with Crippen molar-refractivity contribution in [2.24, 2.45) is 5.92 Å². The molecule has 2 amide bonds. The van der Waals surface area contributed by atoms with Gasteiger partial charge in [-0.05, 0) is 54.7 Å². The van der Waals surface area contributed by atoms with Crippen LogP contribution in [0.15, 0.2) is 48.5 Å². The number of piperidine rings is 1. The second-order valence-corrected chi connectivity index (χ2v) is 7.31. The van der Waals surface area contributed by atoms with Gasteiger partial charge in [0.05, 0.1) is 13.0 Å². The molecule has 0 aromatic heterocycles. The fraction of sp³-hybridized carbons (Fsp3) is 0.364. The van der Waals surface area contributed by atoms with E-state index in [9.17, 15) is 14.0 Å². The molecule has 6 heteroatoms. The number of carbonyl (C=O) groups excluding carboxylic acids is 2. The summed E-state index contributed by atoms with van der Waals surface area (Å²) in [5.74, 6) is -0.356. The molecular weight excluding hydrogens is 357 g/mol. The molecular formula is C22H26FN3O2. The average Bonchev–Trinajstić information content (AvgIpc) is 2.69. The van der Waals surface area contributed by atoms with E-state index in [1.165, 1.54) is 18.9 Å². The van der Waals surface area contributed by atoms with E-state index in [1.807, 2.05) is 24.3 Å². The van der Waals surface area contributed by atoms with Crippen molar-refractivity contribution in [1.29, 1.82) is 0 Å². The standard InChI is InChI=1S/C22H26FN3O2/c1-16-10-12-26(13-11-16)19-8-6-18(7-9-19)25-22(28)15-24-21(27)14-17-4-2-3-5-20(17)23/h2-9,16H,10-15H2,1H3,(H,24,27)(H,25,28). The van der Waals surface area contributed by atoms with Crippen LogP contribution < -0.4 is 15.5 Å². The van der Waals surface area contributed by atoms with Crippen LogP contribution in [-0.2, 0) is 16.0 Å². The van der Waals surface area contributed by atoms with Gasteiger partial charge in [0.25, 0.3) is 0 Å². The molecule has 148 valence electrons. The molecule has 1 fully saturated rings. The lowest BCUT2D eigenvalue weighted by Gasteiger charge is -2.32. The molecule has 1 aliphatic rings. The molecule has 0 saturated carbocycles. The fourth-order valence-corrected chi connectivity index (χ4v) is 3.28. The Bertz CT molecular complexity index is 815. The maximum absolute atomic E-state index is 13.6. The minimum Gasteiger partial charge on any atom is -0.372 e. The van der Waals surface area contributed by atoms with Gasteiger partial charge in [-0.3, -0.25) is 9.59 Å². The molecule has 0 bridgehead atoms. The van der Waals surface area contributed by atoms with Crippen molar-refractivity contribution < 1.29 is 14.0 Å². The van der Waals surface area contributed by atoms with Crippen molar-refractivity contribution >= 4 is 23.2 Å². The molecule has 2 aromatic carbocycles. The van der Waals surface area contributed by atoms with Crippen molar-refractivity contribution in [3.8, 4) is 0 Å². The number of anilines is 2. The first-order valence-electron chi connectivity index (χ1n) is 9.66. The molecule has 0 aliphatic carbocycles. The normalized spacial score (nSPS) is 14.6. The third-order valence-corrected chi connectivity index (χ3v) is 5.05. The summed E-state index contributed by atoms with van der Waals surface area (Å²) in [4.78, 5) is 26.3. The van der Waals surface area contributed by atoms with E-state index in [0.29, 0.717) is 11.3 Å². The minimum absolute atomic E-state index is 0.0941. The lowest BCUT2D eigenvalue weighted by atomic mass is 9.99. The maximum atomic E-state index is 13.6. The Hall–Kier alpha value is -2.89. The second-order valence-electron chi connectivity index (χ2n) is 7.31. The highest BCUT2D eigenvalue weighted by Crippen LogP contribution is 2.24. The van der Waals surface area contributed by atoms with E-state index in [-0.39, 0.29) is 18.9 Å². The number of amides is 2. The first kappa shape index (κ1) is 19.9. The number of nitrogens with zero attached hydrogens (tertiary/aromatic N) is 1. The van der Waals surface area contributed by atoms with Crippen molar-refractivity contribution in [2.45, 2.75) is 26.2 Å². The summed E-state index contributed by atoms with van der Waals surface area (Å²) in [6.45, 7) is 4.24. The van der Waals surface area contributed by atoms with Crippen LogP contribution in [0.3, 0.4) is 0 Å². The Morgan fingerprint density at radius 3 is 2.39 bits per heavy atom. The molecule has 1 saturated heterocycles. The smallest absolute Gasteiger partial charge is 0.243 e. The zero-order chi connectivity index (χ0) is 19.9. The highest BCUT2D eigenvalue weighted by molar-refractivity contribution is 5.94. The molecule has 0 spiro atoms. The van der Waals surface area contributed by atoms with Gasteiger partial charge in [-0.2, -0.15) is 0 Å². The monoisotopic (exact) mass is 383 g/mol. The van der Waals surface area contributed by atoms with Gasteiger partial charge < -0.3 is 15.5 Å². The zero-order valence-electron chi connectivity index (χ0n) is 16.1. The lowest BCUT2D eigenvalue weighted by Crippen LogP contribution is -2.34. The second kappa shape index (κ2) is 9.35. The Kier molecular flexibility index (Phi) is 6.63. The SMILES string of the molecule is CC1CCN(c2ccc(NC(=O)CNC(=O)Cc3ccccc3F)cc2)CC1. The zero-order valence-corrected chi connectivity index (χ0v) is 16.1. The van der Waals surface area contributed by atoms with Crippen LogP contribution in [0.2, 0.25) is 0 Å². The first-order chi connectivity index (χ1) is 13.5. The van der Waals surface area contributed by atoms with E-state index in [2.05, 4.69) is 22.5 Å². The largest absolute Gasteiger partial charge is 0.372 e. The summed E-state index contributed by atoms with van der Waals surface area (Å²) < 4.78 is 13.6. The Balaban J connectivity index is 1.44. The van der Waals surface area contributed by atoms with Gasteiger partial charge in [0, 0.05) is 24.5 Å². The van der Waals surface area contributed by atoms with Crippen LogP contribution in [0.1, 0.15) is 25.3 Å². The molecule has 0 atom stereocenters. The highest BCUT2D eigenvalue weighted by Gasteiger charge is 2.16. The van der Waals surface area contributed by atoms with Crippen LogP contribution in [0.4, 0.5) is 15.8 Å². The summed E-state index contributed by atoms with van der Waals surface area (Å²) in [5, 5.41) is 5.28. The number of hydrogen-bond acceptors (Lipinski definition) is 3. The molecule has 0 radical (unpaired) electrons. The van der Waals surface area contributed by atoms with E-state index in [0.717, 1.165) is 24.7 Å². The van der Waals surface area contributed by atoms with Gasteiger partial charge >= 0.3 is 0 Å². The number of halogens is 1. The maximum Gasteiger partial charge on any atom is 0.243 e. The summed E-state index contributed by atoms with van der Waals surface area (Å²) in [5.41, 5.74) is 2.15. The quantitative estimate of drug-likeness (QED) is 0.804. The van der Waals surface area contributed by atoms with Crippen LogP contribution in [-0.4, -0.2) is 31.4 Å². The first-order valence-corrected chi connectivity index (χ1v) is 9.66. The van der Waals surface area contributed by atoms with Gasteiger partial charge in [0.15, 0.2) is 0 Å². The van der Waals surface area contributed by atoms with E-state index in [4.69, 9.17) is 0 Å². The Morgan fingerprint density at radius 1 is 1.04 bits per heavy atom. The molecule has 28 heavy (non-hydrogen) atoms. The van der Waals surface area contributed by atoms with Crippen LogP contribution >= 0.6 is 0 Å². The van der Waals surface area contributed by atoms with Crippen molar-refractivity contribution in [2.75, 3.05) is 29.9 Å². The van der Waals surface area contributed by atoms with Crippen LogP contribution in [0.25, 0.3) is 0 Å². The van der Waals surface area contributed by atoms with Crippen LogP contribution in [0, 0.1) is 11.7 Å². The molecule has 2 aromatic rings. The van der Waals surface area contributed by atoms with Crippen molar-refractivity contribution in [3.63, 3.8) is 0 Å². The van der Waals surface area contributed by atoms with Gasteiger partial charge in [-0.15, -0.1) is 0 Å². The van der Waals surface area contributed by atoms with Crippen molar-refractivity contribution in [3.05, 3.63) is 59.9 Å². The molecule has 1 heterocycles. The summed E-state index contributed by atoms with van der Waals surface area (Å²) in [6, 6.07) is 13.8. The number of nitrogens with one attached hydrogen (secondary N) is 2. The van der Waals surface area contributed by atoms with Gasteiger partial charge in [0.2, 0.25) is 11.8 Å². The minimum atomic E-state index is -0.426. The average molecular weight is 383 g/mol. The highest BCUT2D eigenvalue weighted by atomic mass is 19.1. The van der Waals surface area contributed by atoms with E-state index >= 15 is 0 Å². The summed E-state index contributed by atoms with van der Waals surface area (Å²) in [6.07, 6.45) is 2.30. The molecule has 3 rings (SSSR count). The number of carbonyl (C=O) groups is 2. The lowest BCUT2D eigenvalue weighted by molar-refractivity contribution is -0.123. The number of hydrogen-bond donors (Lipinski definition) is 2. The number of benzene rings is 2. The van der Waals surface area contributed by atoms with E-state index in [1.54, 1.807) is 18.2 Å². The molecule has 0 unspecified atom stereocenters. The van der Waals surface area contributed by atoms with Crippen LogP contribution in [0.5, 0.6) is 0 Å². The third kappa shape index (κ3) is 5.55. The predicted molar refractivity (Wildman–Crippen MR) is 109 cm³/mol. The summed E-state index contributed by atoms with van der Waals surface area (Å²) in [7, 11) is 0. The topological polar surface area (TPSA) is 61.4 Å². The fourth-order valence-electron chi connectivity index (χ4n) is 3.28. The molecule has 2 N–H and O–H groups in total. The summed E-state index contributed by atoms with van der Waals surface area (Å²) >= 11 is 0. The Morgan fingerprint density at radius 2 is 1.71 bits per heavy atom. The van der Waals surface area contributed by atoms with E-state index < -0.39 is 11.7 Å². The van der Waals surface area contributed by atoms with Gasteiger partial charge in [-0.25, -0.2) is 4.39 Å². The molecule has 5 nitrogen and oxygen atoms in total. The Labute approximate surface area is 164 Å². The van der Waals surface area contributed by atoms with Gasteiger partial charge in [-0.1, -0.05) is 25.1 Å². The predicted octanol–water partition coefficient (Wildman–Crippen LogP) is 3.36. The number of rotatable bonds is 6. The third-order valence-electron chi connectivity index (χ3n) is 5.05. The molecule has 1 aliphatic heterocycles. The van der Waals surface area contributed by atoms with Gasteiger partial charge in [0.1, 0.15) is 5.82 Å². The van der Waals surface area contributed by atoms with Crippen molar-refractivity contribution in [1.82, 2.24) is 5.32 Å².